The van der Waals surface area contributed by atoms with Crippen molar-refractivity contribution in [2.24, 2.45) is 0 Å². The number of nitrogen functional groups attached to an aromatic ring is 1. The van der Waals surface area contributed by atoms with E-state index in [0.29, 0.717) is 0 Å². The average molecular weight is 333 g/mol. The van der Waals surface area contributed by atoms with Crippen LogP contribution in [0.4, 0.5) is 15.8 Å². The molecule has 0 spiro atoms. The van der Waals surface area contributed by atoms with Crippen molar-refractivity contribution >= 4 is 33.0 Å². The number of hydrogen-bond acceptors (Lipinski definition) is 4. The molecule has 0 fully saturated rings. The Morgan fingerprint density at radius 2 is 2.10 bits per heavy atom. The van der Waals surface area contributed by atoms with Gasteiger partial charge in [-0.3, -0.25) is 9.40 Å². The fourth-order valence-corrected chi connectivity index (χ4v) is 3.11. The number of hydrogen-bond donors (Lipinski definition) is 2. The molecule has 0 aliphatic heterocycles. The van der Waals surface area contributed by atoms with Crippen molar-refractivity contribution in [1.29, 1.82) is 0 Å². The van der Waals surface area contributed by atoms with Gasteiger partial charge in [-0.15, -0.1) is 0 Å². The Hall–Kier alpha value is -1.80. The first-order valence-electron chi connectivity index (χ1n) is 6.02. The lowest BCUT2D eigenvalue weighted by molar-refractivity contribution is 0.532. The van der Waals surface area contributed by atoms with Crippen LogP contribution in [-0.2, 0) is 10.0 Å². The summed E-state index contributed by atoms with van der Waals surface area (Å²) in [7, 11) is -4.14. The molecule has 1 heterocycles. The molecule has 0 aliphatic rings. The maximum Gasteiger partial charge on any atom is 0.265 e. The molecule has 0 amide bonds. The third-order valence-electron chi connectivity index (χ3n) is 2.69. The summed E-state index contributed by atoms with van der Waals surface area (Å²) in [6.45, 7) is 3.78. The van der Waals surface area contributed by atoms with Gasteiger partial charge < -0.3 is 5.73 Å². The number of halogens is 2. The van der Waals surface area contributed by atoms with Gasteiger partial charge in [0.05, 0.1) is 16.9 Å². The summed E-state index contributed by atoms with van der Waals surface area (Å²) in [5, 5.41) is 3.64. The molecule has 0 radical (unpaired) electrons. The van der Waals surface area contributed by atoms with Crippen molar-refractivity contribution in [2.45, 2.75) is 24.8 Å². The number of nitrogens with one attached hydrogen (secondary N) is 1. The highest BCUT2D eigenvalue weighted by atomic mass is 35.5. The van der Waals surface area contributed by atoms with Crippen molar-refractivity contribution < 1.29 is 12.8 Å². The van der Waals surface area contributed by atoms with E-state index in [-0.39, 0.29) is 22.4 Å². The Morgan fingerprint density at radius 1 is 1.43 bits per heavy atom. The van der Waals surface area contributed by atoms with Crippen LogP contribution in [0.15, 0.2) is 29.4 Å². The van der Waals surface area contributed by atoms with Crippen LogP contribution < -0.4 is 10.5 Å². The maximum atomic E-state index is 13.9. The van der Waals surface area contributed by atoms with Crippen LogP contribution in [0.3, 0.4) is 0 Å². The Kier molecular flexibility index (Phi) is 4.11. The molecule has 21 heavy (non-hydrogen) atoms. The molecule has 2 aromatic rings. The van der Waals surface area contributed by atoms with Gasteiger partial charge in [-0.1, -0.05) is 11.6 Å². The lowest BCUT2D eigenvalue weighted by Crippen LogP contribution is -2.15. The largest absolute Gasteiger partial charge is 0.399 e. The quantitative estimate of drug-likeness (QED) is 0.842. The summed E-state index contributed by atoms with van der Waals surface area (Å²) in [5.74, 6) is -1.05. The minimum Gasteiger partial charge on any atom is -0.399 e. The second kappa shape index (κ2) is 5.53. The number of aromatic nitrogens is 2. The van der Waals surface area contributed by atoms with Crippen LogP contribution in [0.1, 0.15) is 19.9 Å². The third kappa shape index (κ3) is 3.27. The zero-order valence-electron chi connectivity index (χ0n) is 11.3. The Bertz CT molecular complexity index is 774. The molecule has 2 rings (SSSR count). The molecule has 1 aromatic carbocycles. The highest BCUT2D eigenvalue weighted by Crippen LogP contribution is 2.27. The molecule has 0 aliphatic carbocycles. The van der Waals surface area contributed by atoms with Crippen molar-refractivity contribution in [3.63, 3.8) is 0 Å². The van der Waals surface area contributed by atoms with Gasteiger partial charge in [-0.25, -0.2) is 12.8 Å². The molecular formula is C12H14ClFN4O2S. The predicted octanol–water partition coefficient (Wildman–Crippen LogP) is 2.64. The summed E-state index contributed by atoms with van der Waals surface area (Å²) in [6.07, 6.45) is 2.84. The van der Waals surface area contributed by atoms with Crippen LogP contribution in [0, 0.1) is 5.82 Å². The predicted molar refractivity (Wildman–Crippen MR) is 79.2 cm³/mol. The zero-order valence-corrected chi connectivity index (χ0v) is 12.9. The second-order valence-corrected chi connectivity index (χ2v) is 6.78. The van der Waals surface area contributed by atoms with Gasteiger partial charge in [-0.2, -0.15) is 5.10 Å². The smallest absolute Gasteiger partial charge is 0.265 e. The number of sulfonamides is 1. The van der Waals surface area contributed by atoms with Gasteiger partial charge in [0.25, 0.3) is 10.0 Å². The van der Waals surface area contributed by atoms with E-state index in [9.17, 15) is 12.8 Å². The summed E-state index contributed by atoms with van der Waals surface area (Å²) in [6, 6.07) is 2.23. The van der Waals surface area contributed by atoms with Crippen molar-refractivity contribution in [2.75, 3.05) is 10.5 Å². The van der Waals surface area contributed by atoms with E-state index in [1.807, 2.05) is 13.8 Å². The van der Waals surface area contributed by atoms with Gasteiger partial charge in [0.1, 0.15) is 4.90 Å². The first kappa shape index (κ1) is 15.6. The van der Waals surface area contributed by atoms with E-state index in [0.717, 1.165) is 12.1 Å². The fourth-order valence-electron chi connectivity index (χ4n) is 1.66. The van der Waals surface area contributed by atoms with E-state index in [1.54, 1.807) is 4.68 Å². The summed E-state index contributed by atoms with van der Waals surface area (Å²) < 4.78 is 42.1. The van der Waals surface area contributed by atoms with Crippen LogP contribution in [0.2, 0.25) is 5.02 Å². The normalized spacial score (nSPS) is 11.9. The van der Waals surface area contributed by atoms with Gasteiger partial charge in [0.2, 0.25) is 0 Å². The highest BCUT2D eigenvalue weighted by Gasteiger charge is 2.22. The van der Waals surface area contributed by atoms with Crippen LogP contribution in [0.25, 0.3) is 0 Å². The Labute approximate surface area is 126 Å². The zero-order chi connectivity index (χ0) is 15.8. The minimum absolute atomic E-state index is 0.0552. The Balaban J connectivity index is 2.38. The van der Waals surface area contributed by atoms with E-state index >= 15 is 0 Å². The molecule has 0 unspecified atom stereocenters. The van der Waals surface area contributed by atoms with Gasteiger partial charge in [-0.05, 0) is 26.0 Å². The minimum atomic E-state index is -4.14. The van der Waals surface area contributed by atoms with E-state index in [4.69, 9.17) is 17.3 Å². The number of nitrogens with zero attached hydrogens (tertiary/aromatic N) is 2. The lowest BCUT2D eigenvalue weighted by atomic mass is 10.3. The SMILES string of the molecule is CC(C)n1cc(NS(=O)(=O)c2cc(N)cc(Cl)c2F)cn1. The lowest BCUT2D eigenvalue weighted by Gasteiger charge is -2.09. The standard InChI is InChI=1S/C12H14ClFN4O2S/c1-7(2)18-6-9(5-16-18)17-21(19,20)11-4-8(15)3-10(13)12(11)14/h3-7,17H,15H2,1-2H3. The average Bonchev–Trinajstić information content (AvgIpc) is 2.81. The van der Waals surface area contributed by atoms with E-state index in [2.05, 4.69) is 9.82 Å². The third-order valence-corrected chi connectivity index (χ3v) is 4.35. The molecule has 0 saturated carbocycles. The fraction of sp³-hybridized carbons (Fsp3) is 0.250. The number of anilines is 2. The molecule has 0 saturated heterocycles. The summed E-state index contributed by atoms with van der Waals surface area (Å²) in [5.41, 5.74) is 5.78. The highest BCUT2D eigenvalue weighted by molar-refractivity contribution is 7.92. The van der Waals surface area contributed by atoms with Crippen LogP contribution in [0.5, 0.6) is 0 Å². The van der Waals surface area contributed by atoms with Gasteiger partial charge in [0.15, 0.2) is 5.82 Å². The molecule has 3 N–H and O–H groups in total. The number of rotatable bonds is 4. The second-order valence-electron chi connectivity index (χ2n) is 4.72. The molecule has 114 valence electrons. The molecule has 0 atom stereocenters. The van der Waals surface area contributed by atoms with Gasteiger partial charge >= 0.3 is 0 Å². The van der Waals surface area contributed by atoms with Crippen molar-refractivity contribution in [1.82, 2.24) is 9.78 Å². The molecule has 9 heteroatoms. The summed E-state index contributed by atoms with van der Waals surface area (Å²) in [4.78, 5) is -0.607. The summed E-state index contributed by atoms with van der Waals surface area (Å²) >= 11 is 5.61. The Morgan fingerprint density at radius 3 is 2.67 bits per heavy atom. The monoisotopic (exact) mass is 332 g/mol. The van der Waals surface area contributed by atoms with Crippen molar-refractivity contribution in [3.8, 4) is 0 Å². The first-order chi connectivity index (χ1) is 9.70. The topological polar surface area (TPSA) is 90.0 Å². The van der Waals surface area contributed by atoms with Crippen LogP contribution >= 0.6 is 11.6 Å². The first-order valence-corrected chi connectivity index (χ1v) is 7.88. The number of benzene rings is 1. The van der Waals surface area contributed by atoms with Crippen LogP contribution in [-0.4, -0.2) is 18.2 Å². The molecule has 1 aromatic heterocycles. The van der Waals surface area contributed by atoms with Gasteiger partial charge in [0, 0.05) is 17.9 Å². The van der Waals surface area contributed by atoms with E-state index < -0.39 is 20.7 Å². The number of nitrogens with two attached hydrogens (primary N) is 1. The van der Waals surface area contributed by atoms with E-state index in [1.165, 1.54) is 12.4 Å². The molecular weight excluding hydrogens is 319 g/mol. The maximum absolute atomic E-state index is 13.9. The molecule has 0 bridgehead atoms. The molecule has 6 nitrogen and oxygen atoms in total. The van der Waals surface area contributed by atoms with Crippen molar-refractivity contribution in [3.05, 3.63) is 35.4 Å².